The summed E-state index contributed by atoms with van der Waals surface area (Å²) >= 11 is 0. The van der Waals surface area contributed by atoms with Crippen LogP contribution in [0.2, 0.25) is 0 Å². The highest BCUT2D eigenvalue weighted by Gasteiger charge is 2.54. The van der Waals surface area contributed by atoms with Gasteiger partial charge in [-0.3, -0.25) is 4.90 Å². The second kappa shape index (κ2) is 5.81. The number of carbonyl (C=O) groups is 1. The molecular formula is C17H30BNO4. The van der Waals surface area contributed by atoms with Crippen molar-refractivity contribution in [2.24, 2.45) is 5.92 Å². The van der Waals surface area contributed by atoms with E-state index in [0.29, 0.717) is 12.5 Å². The van der Waals surface area contributed by atoms with Gasteiger partial charge in [-0.15, -0.1) is 0 Å². The van der Waals surface area contributed by atoms with Gasteiger partial charge < -0.3 is 14.0 Å². The normalized spacial score (nSPS) is 27.0. The number of rotatable bonds is 1. The number of hydrogen-bond donors (Lipinski definition) is 0. The molecule has 2 rings (SSSR count). The maximum atomic E-state index is 12.6. The molecule has 0 radical (unpaired) electrons. The molecule has 2 heterocycles. The SMILES string of the molecule is C[C@H]1CC=C(B2OC(C)(C)C(C)(C)O2)N(C(=O)OC(C)(C)C)C1. The van der Waals surface area contributed by atoms with Gasteiger partial charge in [0.1, 0.15) is 5.60 Å². The van der Waals surface area contributed by atoms with Gasteiger partial charge in [-0.2, -0.15) is 0 Å². The van der Waals surface area contributed by atoms with Crippen molar-refractivity contribution in [1.29, 1.82) is 0 Å². The zero-order chi connectivity index (χ0) is 17.6. The molecule has 23 heavy (non-hydrogen) atoms. The van der Waals surface area contributed by atoms with Crippen LogP contribution in [0.1, 0.15) is 61.8 Å². The molecule has 1 fully saturated rings. The second-order valence-corrected chi connectivity index (χ2v) is 8.65. The van der Waals surface area contributed by atoms with Crippen LogP contribution in [0.15, 0.2) is 11.7 Å². The van der Waals surface area contributed by atoms with E-state index in [2.05, 4.69) is 6.92 Å². The van der Waals surface area contributed by atoms with E-state index in [1.54, 1.807) is 4.90 Å². The Morgan fingerprint density at radius 2 is 1.78 bits per heavy atom. The molecule has 0 aliphatic carbocycles. The van der Waals surface area contributed by atoms with E-state index in [9.17, 15) is 4.79 Å². The summed E-state index contributed by atoms with van der Waals surface area (Å²) in [6.07, 6.45) is 2.60. The van der Waals surface area contributed by atoms with Crippen LogP contribution in [0.4, 0.5) is 4.79 Å². The molecule has 0 spiro atoms. The molecule has 130 valence electrons. The van der Waals surface area contributed by atoms with Gasteiger partial charge in [0.05, 0.1) is 16.8 Å². The smallest absolute Gasteiger partial charge is 0.443 e. The van der Waals surface area contributed by atoms with Crippen LogP contribution >= 0.6 is 0 Å². The fourth-order valence-corrected chi connectivity index (χ4v) is 2.61. The first kappa shape index (κ1) is 18.3. The highest BCUT2D eigenvalue weighted by Crippen LogP contribution is 2.40. The fraction of sp³-hybridized carbons (Fsp3) is 0.824. The predicted octanol–water partition coefficient (Wildman–Crippen LogP) is 3.78. The van der Waals surface area contributed by atoms with Crippen molar-refractivity contribution in [3.05, 3.63) is 11.7 Å². The standard InChI is InChI=1S/C17H30BNO4/c1-12-9-10-13(18-22-16(5,6)17(7,8)23-18)19(11-12)14(20)21-15(2,3)4/h10,12H,9,11H2,1-8H3/t12-/m0/s1. The van der Waals surface area contributed by atoms with E-state index >= 15 is 0 Å². The van der Waals surface area contributed by atoms with E-state index in [0.717, 1.165) is 12.0 Å². The molecule has 5 nitrogen and oxygen atoms in total. The molecule has 0 saturated carbocycles. The maximum Gasteiger partial charge on any atom is 0.512 e. The minimum atomic E-state index is -0.542. The molecule has 0 N–H and O–H groups in total. The van der Waals surface area contributed by atoms with Crippen LogP contribution in [0.3, 0.4) is 0 Å². The molecule has 0 unspecified atom stereocenters. The Bertz CT molecular complexity index is 491. The van der Waals surface area contributed by atoms with Crippen LogP contribution < -0.4 is 0 Å². The lowest BCUT2D eigenvalue weighted by Crippen LogP contribution is -2.45. The Kier molecular flexibility index (Phi) is 4.64. The number of hydrogen-bond acceptors (Lipinski definition) is 4. The molecule has 0 aromatic carbocycles. The van der Waals surface area contributed by atoms with Crippen LogP contribution in [0.5, 0.6) is 0 Å². The lowest BCUT2D eigenvalue weighted by Gasteiger charge is -2.34. The van der Waals surface area contributed by atoms with Gasteiger partial charge in [0.15, 0.2) is 0 Å². The molecule has 2 aliphatic rings. The van der Waals surface area contributed by atoms with Crippen LogP contribution in [-0.4, -0.2) is 41.5 Å². The van der Waals surface area contributed by atoms with Gasteiger partial charge in [0.25, 0.3) is 0 Å². The number of ether oxygens (including phenoxy) is 1. The summed E-state index contributed by atoms with van der Waals surface area (Å²) < 4.78 is 17.8. The summed E-state index contributed by atoms with van der Waals surface area (Å²) in [5.41, 5.74) is -0.628. The van der Waals surface area contributed by atoms with Gasteiger partial charge >= 0.3 is 13.2 Å². The van der Waals surface area contributed by atoms with E-state index in [1.165, 1.54) is 0 Å². The minimum absolute atomic E-state index is 0.343. The van der Waals surface area contributed by atoms with Crippen molar-refractivity contribution in [1.82, 2.24) is 4.90 Å². The van der Waals surface area contributed by atoms with Gasteiger partial charge in [-0.05, 0) is 60.8 Å². The predicted molar refractivity (Wildman–Crippen MR) is 90.9 cm³/mol. The molecule has 0 aromatic heterocycles. The monoisotopic (exact) mass is 323 g/mol. The van der Waals surface area contributed by atoms with Crippen LogP contribution in [0, 0.1) is 5.92 Å². The zero-order valence-electron chi connectivity index (χ0n) is 15.7. The molecule has 1 saturated heterocycles. The third kappa shape index (κ3) is 3.91. The summed E-state index contributed by atoms with van der Waals surface area (Å²) in [6.45, 7) is 16.4. The Morgan fingerprint density at radius 1 is 1.26 bits per heavy atom. The van der Waals surface area contributed by atoms with Crippen molar-refractivity contribution in [3.63, 3.8) is 0 Å². The van der Waals surface area contributed by atoms with Crippen molar-refractivity contribution in [2.75, 3.05) is 6.54 Å². The Morgan fingerprint density at radius 3 is 2.26 bits per heavy atom. The minimum Gasteiger partial charge on any atom is -0.443 e. The molecule has 1 amide bonds. The number of nitrogens with zero attached hydrogens (tertiary/aromatic N) is 1. The zero-order valence-corrected chi connectivity index (χ0v) is 15.7. The van der Waals surface area contributed by atoms with E-state index < -0.39 is 23.9 Å². The van der Waals surface area contributed by atoms with Crippen LogP contribution in [0.25, 0.3) is 0 Å². The Hall–Kier alpha value is -1.01. The highest BCUT2D eigenvalue weighted by atomic mass is 16.7. The van der Waals surface area contributed by atoms with Crippen LogP contribution in [-0.2, 0) is 14.0 Å². The summed E-state index contributed by atoms with van der Waals surface area (Å²) in [5.74, 6) is 0.383. The lowest BCUT2D eigenvalue weighted by molar-refractivity contribution is 0.00578. The average molecular weight is 323 g/mol. The molecule has 0 bridgehead atoms. The van der Waals surface area contributed by atoms with E-state index in [1.807, 2.05) is 54.5 Å². The third-order valence-electron chi connectivity index (χ3n) is 4.64. The van der Waals surface area contributed by atoms with Gasteiger partial charge in [-0.1, -0.05) is 13.0 Å². The first-order valence-electron chi connectivity index (χ1n) is 8.38. The van der Waals surface area contributed by atoms with E-state index in [4.69, 9.17) is 14.0 Å². The molecular weight excluding hydrogens is 293 g/mol. The van der Waals surface area contributed by atoms with Crippen molar-refractivity contribution in [2.45, 2.75) is 78.6 Å². The topological polar surface area (TPSA) is 48.0 Å². The summed E-state index contributed by atoms with van der Waals surface area (Å²) in [5, 5.41) is 0. The summed E-state index contributed by atoms with van der Waals surface area (Å²) in [4.78, 5) is 14.3. The highest BCUT2D eigenvalue weighted by molar-refractivity contribution is 6.54. The summed E-state index contributed by atoms with van der Waals surface area (Å²) in [7, 11) is -0.542. The molecule has 2 aliphatic heterocycles. The molecule has 6 heteroatoms. The summed E-state index contributed by atoms with van der Waals surface area (Å²) in [6, 6.07) is 0. The number of amides is 1. The van der Waals surface area contributed by atoms with Crippen molar-refractivity contribution in [3.8, 4) is 0 Å². The van der Waals surface area contributed by atoms with Crippen molar-refractivity contribution < 1.29 is 18.8 Å². The Labute approximate surface area is 140 Å². The van der Waals surface area contributed by atoms with Gasteiger partial charge in [0, 0.05) is 6.54 Å². The second-order valence-electron chi connectivity index (χ2n) is 8.65. The van der Waals surface area contributed by atoms with Crippen molar-refractivity contribution >= 4 is 13.2 Å². The first-order valence-corrected chi connectivity index (χ1v) is 8.38. The third-order valence-corrected chi connectivity index (χ3v) is 4.64. The quantitative estimate of drug-likeness (QED) is 0.689. The maximum absolute atomic E-state index is 12.6. The fourth-order valence-electron chi connectivity index (χ4n) is 2.61. The van der Waals surface area contributed by atoms with Gasteiger partial charge in [0.2, 0.25) is 0 Å². The average Bonchev–Trinajstić information content (AvgIpc) is 2.56. The molecule has 0 aromatic rings. The number of allylic oxidation sites excluding steroid dienone is 1. The first-order chi connectivity index (χ1) is 10.3. The number of carbonyl (C=O) groups excluding carboxylic acids is 1. The van der Waals surface area contributed by atoms with E-state index in [-0.39, 0.29) is 6.09 Å². The molecule has 1 atom stereocenters. The van der Waals surface area contributed by atoms with Gasteiger partial charge in [-0.25, -0.2) is 4.79 Å². The lowest BCUT2D eigenvalue weighted by atomic mass is 9.79. The Balaban J connectivity index is 2.23. The largest absolute Gasteiger partial charge is 0.512 e.